The number of anilines is 1. The van der Waals surface area contributed by atoms with E-state index < -0.39 is 0 Å². The van der Waals surface area contributed by atoms with Crippen molar-refractivity contribution in [2.75, 3.05) is 25.0 Å². The Morgan fingerprint density at radius 1 is 1.29 bits per heavy atom. The van der Waals surface area contributed by atoms with E-state index in [1.54, 1.807) is 12.3 Å². The second kappa shape index (κ2) is 8.94. The summed E-state index contributed by atoms with van der Waals surface area (Å²) in [4.78, 5) is 27.5. The summed E-state index contributed by atoms with van der Waals surface area (Å²) in [7, 11) is 0. The van der Waals surface area contributed by atoms with Crippen LogP contribution in [0.25, 0.3) is 0 Å². The molecule has 0 saturated carbocycles. The SMILES string of the molecule is CCCNc1ccnc(C(=O)NCC(=O)NCC(C)C)c1. The van der Waals surface area contributed by atoms with Crippen molar-refractivity contribution in [2.24, 2.45) is 5.92 Å². The van der Waals surface area contributed by atoms with E-state index in [0.717, 1.165) is 18.7 Å². The summed E-state index contributed by atoms with van der Waals surface area (Å²) in [6.45, 7) is 7.48. The largest absolute Gasteiger partial charge is 0.385 e. The van der Waals surface area contributed by atoms with Crippen LogP contribution in [-0.4, -0.2) is 36.4 Å². The van der Waals surface area contributed by atoms with E-state index in [0.29, 0.717) is 18.2 Å². The zero-order chi connectivity index (χ0) is 15.7. The monoisotopic (exact) mass is 292 g/mol. The van der Waals surface area contributed by atoms with Gasteiger partial charge >= 0.3 is 0 Å². The van der Waals surface area contributed by atoms with Crippen LogP contribution >= 0.6 is 0 Å². The first-order valence-electron chi connectivity index (χ1n) is 7.27. The first-order valence-corrected chi connectivity index (χ1v) is 7.27. The van der Waals surface area contributed by atoms with Crippen LogP contribution in [0.15, 0.2) is 18.3 Å². The van der Waals surface area contributed by atoms with Crippen LogP contribution < -0.4 is 16.0 Å². The van der Waals surface area contributed by atoms with Gasteiger partial charge in [0.2, 0.25) is 5.91 Å². The van der Waals surface area contributed by atoms with Crippen molar-refractivity contribution in [2.45, 2.75) is 27.2 Å². The minimum atomic E-state index is -0.352. The van der Waals surface area contributed by atoms with Crippen LogP contribution in [-0.2, 0) is 4.79 Å². The second-order valence-corrected chi connectivity index (χ2v) is 5.24. The van der Waals surface area contributed by atoms with Crippen LogP contribution in [0.4, 0.5) is 5.69 Å². The molecule has 6 heteroatoms. The Morgan fingerprint density at radius 3 is 2.71 bits per heavy atom. The Morgan fingerprint density at radius 2 is 2.05 bits per heavy atom. The maximum Gasteiger partial charge on any atom is 0.270 e. The highest BCUT2D eigenvalue weighted by atomic mass is 16.2. The molecule has 0 aliphatic carbocycles. The summed E-state index contributed by atoms with van der Waals surface area (Å²) < 4.78 is 0. The quantitative estimate of drug-likeness (QED) is 0.676. The van der Waals surface area contributed by atoms with Gasteiger partial charge in [-0.15, -0.1) is 0 Å². The smallest absolute Gasteiger partial charge is 0.270 e. The summed E-state index contributed by atoms with van der Waals surface area (Å²) in [5.74, 6) is -0.167. The molecule has 0 spiro atoms. The van der Waals surface area contributed by atoms with Crippen LogP contribution in [0.3, 0.4) is 0 Å². The number of rotatable bonds is 8. The first-order chi connectivity index (χ1) is 10.0. The lowest BCUT2D eigenvalue weighted by atomic mass is 10.2. The zero-order valence-electron chi connectivity index (χ0n) is 12.9. The fourth-order valence-corrected chi connectivity index (χ4v) is 1.57. The highest BCUT2D eigenvalue weighted by molar-refractivity contribution is 5.95. The molecule has 0 aliphatic rings. The summed E-state index contributed by atoms with van der Waals surface area (Å²) in [5.41, 5.74) is 1.15. The molecule has 0 aromatic carbocycles. The first kappa shape index (κ1) is 16.9. The Labute approximate surface area is 125 Å². The Hall–Kier alpha value is -2.11. The Bertz CT molecular complexity index is 474. The number of amides is 2. The third-order valence-electron chi connectivity index (χ3n) is 2.69. The van der Waals surface area contributed by atoms with Crippen molar-refractivity contribution < 1.29 is 9.59 Å². The molecular weight excluding hydrogens is 268 g/mol. The van der Waals surface area contributed by atoms with Crippen molar-refractivity contribution in [3.8, 4) is 0 Å². The van der Waals surface area contributed by atoms with Gasteiger partial charge in [0.1, 0.15) is 5.69 Å². The third kappa shape index (κ3) is 6.74. The van der Waals surface area contributed by atoms with Gasteiger partial charge in [0, 0.05) is 25.0 Å². The highest BCUT2D eigenvalue weighted by Gasteiger charge is 2.10. The van der Waals surface area contributed by atoms with E-state index in [2.05, 4.69) is 27.9 Å². The lowest BCUT2D eigenvalue weighted by Crippen LogP contribution is -2.38. The molecular formula is C15H24N4O2. The van der Waals surface area contributed by atoms with Crippen molar-refractivity contribution in [1.82, 2.24) is 15.6 Å². The molecule has 0 fully saturated rings. The maximum absolute atomic E-state index is 11.9. The van der Waals surface area contributed by atoms with Gasteiger partial charge in [0.15, 0.2) is 0 Å². The van der Waals surface area contributed by atoms with Gasteiger partial charge in [-0.3, -0.25) is 14.6 Å². The van der Waals surface area contributed by atoms with Gasteiger partial charge in [-0.1, -0.05) is 20.8 Å². The van der Waals surface area contributed by atoms with Crippen molar-refractivity contribution in [3.05, 3.63) is 24.0 Å². The molecule has 2 amide bonds. The molecule has 1 heterocycles. The highest BCUT2D eigenvalue weighted by Crippen LogP contribution is 2.07. The van der Waals surface area contributed by atoms with E-state index in [1.807, 2.05) is 19.9 Å². The van der Waals surface area contributed by atoms with Gasteiger partial charge in [-0.05, 0) is 24.5 Å². The molecule has 0 atom stereocenters. The van der Waals surface area contributed by atoms with Crippen molar-refractivity contribution >= 4 is 17.5 Å². The molecule has 1 rings (SSSR count). The standard InChI is InChI=1S/C15H24N4O2/c1-4-6-16-12-5-7-17-13(8-12)15(21)19-10-14(20)18-9-11(2)3/h5,7-8,11H,4,6,9-10H2,1-3H3,(H,16,17)(H,18,20)(H,19,21). The lowest BCUT2D eigenvalue weighted by molar-refractivity contribution is -0.120. The molecule has 6 nitrogen and oxygen atoms in total. The number of nitrogens with zero attached hydrogens (tertiary/aromatic N) is 1. The number of carbonyl (C=O) groups is 2. The minimum Gasteiger partial charge on any atom is -0.385 e. The van der Waals surface area contributed by atoms with Crippen LogP contribution in [0.2, 0.25) is 0 Å². The fourth-order valence-electron chi connectivity index (χ4n) is 1.57. The molecule has 3 N–H and O–H groups in total. The van der Waals surface area contributed by atoms with Gasteiger partial charge < -0.3 is 16.0 Å². The average molecular weight is 292 g/mol. The van der Waals surface area contributed by atoms with Crippen molar-refractivity contribution in [1.29, 1.82) is 0 Å². The van der Waals surface area contributed by atoms with Gasteiger partial charge in [-0.25, -0.2) is 0 Å². The molecule has 0 radical (unpaired) electrons. The molecule has 0 saturated heterocycles. The minimum absolute atomic E-state index is 0.0418. The summed E-state index contributed by atoms with van der Waals surface area (Å²) in [6.07, 6.45) is 2.58. The van der Waals surface area contributed by atoms with Crippen LogP contribution in [0.5, 0.6) is 0 Å². The molecule has 1 aromatic heterocycles. The fraction of sp³-hybridized carbons (Fsp3) is 0.533. The normalized spacial score (nSPS) is 10.3. The summed E-state index contributed by atoms with van der Waals surface area (Å²) >= 11 is 0. The van der Waals surface area contributed by atoms with E-state index in [9.17, 15) is 9.59 Å². The number of carbonyl (C=O) groups excluding carboxylic acids is 2. The Balaban J connectivity index is 2.46. The molecule has 0 unspecified atom stereocenters. The van der Waals surface area contributed by atoms with E-state index in [-0.39, 0.29) is 18.4 Å². The van der Waals surface area contributed by atoms with Gasteiger partial charge in [0.05, 0.1) is 6.54 Å². The lowest BCUT2D eigenvalue weighted by Gasteiger charge is -2.09. The maximum atomic E-state index is 11.9. The van der Waals surface area contributed by atoms with E-state index in [1.165, 1.54) is 0 Å². The van der Waals surface area contributed by atoms with Gasteiger partial charge in [0.25, 0.3) is 5.91 Å². The summed E-state index contributed by atoms with van der Waals surface area (Å²) in [5, 5.41) is 8.49. The molecule has 0 bridgehead atoms. The van der Waals surface area contributed by atoms with E-state index in [4.69, 9.17) is 0 Å². The topological polar surface area (TPSA) is 83.1 Å². The molecule has 1 aromatic rings. The summed E-state index contributed by atoms with van der Waals surface area (Å²) in [6, 6.07) is 3.48. The van der Waals surface area contributed by atoms with Gasteiger partial charge in [-0.2, -0.15) is 0 Å². The molecule has 116 valence electrons. The number of aromatic nitrogens is 1. The van der Waals surface area contributed by atoms with Crippen LogP contribution in [0.1, 0.15) is 37.7 Å². The third-order valence-corrected chi connectivity index (χ3v) is 2.69. The predicted octanol–water partition coefficient (Wildman–Crippen LogP) is 1.41. The second-order valence-electron chi connectivity index (χ2n) is 5.24. The number of hydrogen-bond acceptors (Lipinski definition) is 4. The molecule has 0 aliphatic heterocycles. The van der Waals surface area contributed by atoms with E-state index >= 15 is 0 Å². The molecule has 21 heavy (non-hydrogen) atoms. The average Bonchev–Trinajstić information content (AvgIpc) is 2.48. The predicted molar refractivity (Wildman–Crippen MR) is 83.2 cm³/mol. The number of pyridine rings is 1. The Kier molecular flexibility index (Phi) is 7.21. The number of nitrogens with one attached hydrogen (secondary N) is 3. The number of hydrogen-bond donors (Lipinski definition) is 3. The van der Waals surface area contributed by atoms with Crippen LogP contribution in [0, 0.1) is 5.92 Å². The van der Waals surface area contributed by atoms with Crippen molar-refractivity contribution in [3.63, 3.8) is 0 Å². The zero-order valence-corrected chi connectivity index (χ0v) is 12.9.